The molecule has 1 heterocycles. The second-order valence-corrected chi connectivity index (χ2v) is 4.95. The molecule has 0 saturated carbocycles. The molecule has 0 radical (unpaired) electrons. The zero-order chi connectivity index (χ0) is 12.4. The van der Waals surface area contributed by atoms with E-state index < -0.39 is 0 Å². The first-order chi connectivity index (χ1) is 8.19. The quantitative estimate of drug-likeness (QED) is 0.862. The lowest BCUT2D eigenvalue weighted by Crippen LogP contribution is -2.29. The summed E-state index contributed by atoms with van der Waals surface area (Å²) in [5, 5.41) is 9.74. The highest BCUT2D eigenvalue weighted by Crippen LogP contribution is 2.37. The highest BCUT2D eigenvalue weighted by molar-refractivity contribution is 6.31. The number of hydrogen-bond acceptors (Lipinski definition) is 3. The predicted octanol–water partition coefficient (Wildman–Crippen LogP) is 1.85. The first-order valence-corrected chi connectivity index (χ1v) is 6.39. The molecule has 4 heteroatoms. The van der Waals surface area contributed by atoms with Crippen molar-refractivity contribution in [3.05, 3.63) is 33.8 Å². The van der Waals surface area contributed by atoms with E-state index in [0.29, 0.717) is 6.54 Å². The van der Waals surface area contributed by atoms with Crippen LogP contribution in [-0.4, -0.2) is 29.7 Å². The Labute approximate surface area is 107 Å². The minimum absolute atomic E-state index is 0.226. The van der Waals surface area contributed by atoms with Gasteiger partial charge in [0.25, 0.3) is 0 Å². The van der Waals surface area contributed by atoms with Crippen LogP contribution >= 0.6 is 11.6 Å². The van der Waals surface area contributed by atoms with Gasteiger partial charge < -0.3 is 10.8 Å². The third-order valence-corrected chi connectivity index (χ3v) is 3.97. The largest absolute Gasteiger partial charge is 0.396 e. The van der Waals surface area contributed by atoms with Crippen LogP contribution in [0.1, 0.15) is 29.2 Å². The third kappa shape index (κ3) is 2.33. The van der Waals surface area contributed by atoms with E-state index in [2.05, 4.69) is 17.9 Å². The molecule has 0 spiro atoms. The fourth-order valence-corrected chi connectivity index (χ4v) is 2.74. The van der Waals surface area contributed by atoms with Gasteiger partial charge in [-0.3, -0.25) is 4.90 Å². The molecule has 0 aromatic heterocycles. The molecule has 1 aliphatic rings. The van der Waals surface area contributed by atoms with Crippen LogP contribution in [0.5, 0.6) is 0 Å². The normalized spacial score (nSPS) is 19.6. The van der Waals surface area contributed by atoms with Gasteiger partial charge in [0.1, 0.15) is 0 Å². The van der Waals surface area contributed by atoms with Gasteiger partial charge in [0, 0.05) is 37.3 Å². The van der Waals surface area contributed by atoms with E-state index in [-0.39, 0.29) is 12.6 Å². The summed E-state index contributed by atoms with van der Waals surface area (Å²) in [4.78, 5) is 2.32. The van der Waals surface area contributed by atoms with Gasteiger partial charge >= 0.3 is 0 Å². The average molecular weight is 255 g/mol. The van der Waals surface area contributed by atoms with Crippen LogP contribution in [0.2, 0.25) is 5.02 Å². The molecule has 2 rings (SSSR count). The molecule has 0 fully saturated rings. The molecule has 1 atom stereocenters. The van der Waals surface area contributed by atoms with E-state index in [1.807, 2.05) is 6.07 Å². The average Bonchev–Trinajstić information content (AvgIpc) is 2.69. The molecular weight excluding hydrogens is 236 g/mol. The van der Waals surface area contributed by atoms with Crippen molar-refractivity contribution in [3.8, 4) is 0 Å². The first kappa shape index (κ1) is 12.8. The van der Waals surface area contributed by atoms with Crippen LogP contribution in [-0.2, 0) is 6.54 Å². The molecule has 17 heavy (non-hydrogen) atoms. The van der Waals surface area contributed by atoms with Crippen molar-refractivity contribution < 1.29 is 5.11 Å². The monoisotopic (exact) mass is 254 g/mol. The first-order valence-electron chi connectivity index (χ1n) is 6.02. The highest BCUT2D eigenvalue weighted by atomic mass is 35.5. The van der Waals surface area contributed by atoms with Crippen LogP contribution in [0.3, 0.4) is 0 Å². The number of rotatable bonds is 4. The number of fused-ring (bicyclic) bond motifs is 1. The molecule has 94 valence electrons. The van der Waals surface area contributed by atoms with Crippen molar-refractivity contribution >= 4 is 11.6 Å². The molecule has 0 bridgehead atoms. The Morgan fingerprint density at radius 1 is 1.53 bits per heavy atom. The van der Waals surface area contributed by atoms with E-state index in [4.69, 9.17) is 22.4 Å². The Morgan fingerprint density at radius 3 is 2.94 bits per heavy atom. The summed E-state index contributed by atoms with van der Waals surface area (Å²) in [5.74, 6) is 0. The summed E-state index contributed by atoms with van der Waals surface area (Å²) in [7, 11) is 0. The van der Waals surface area contributed by atoms with Crippen LogP contribution in [0.4, 0.5) is 0 Å². The number of nitrogens with two attached hydrogens (primary N) is 1. The van der Waals surface area contributed by atoms with E-state index in [1.54, 1.807) is 0 Å². The maximum absolute atomic E-state index is 8.92. The number of nitrogens with zero attached hydrogens (tertiary/aromatic N) is 1. The number of halogens is 1. The number of aliphatic hydroxyl groups excluding tert-OH is 1. The van der Waals surface area contributed by atoms with E-state index in [9.17, 15) is 0 Å². The number of benzene rings is 1. The summed E-state index contributed by atoms with van der Waals surface area (Å²) in [6, 6.07) is 4.31. The third-order valence-electron chi connectivity index (χ3n) is 3.56. The molecule has 0 amide bonds. The predicted molar refractivity (Wildman–Crippen MR) is 70.1 cm³/mol. The SMILES string of the molecule is Cc1c(Cl)ccc2c1CN(CCCO)C2CN. The standard InChI is InChI=1S/C13H19ClN2O/c1-9-11-8-16(5-2-6-17)13(7-15)10(11)3-4-12(9)14/h3-4,13,17H,2,5-8,15H2,1H3. The van der Waals surface area contributed by atoms with Crippen LogP contribution in [0.15, 0.2) is 12.1 Å². The van der Waals surface area contributed by atoms with E-state index >= 15 is 0 Å². The molecule has 1 unspecified atom stereocenters. The minimum Gasteiger partial charge on any atom is -0.396 e. The maximum atomic E-state index is 8.92. The van der Waals surface area contributed by atoms with Gasteiger partial charge in [-0.1, -0.05) is 17.7 Å². The molecule has 1 aliphatic heterocycles. The molecular formula is C13H19ClN2O. The van der Waals surface area contributed by atoms with Gasteiger partial charge in [-0.2, -0.15) is 0 Å². The van der Waals surface area contributed by atoms with E-state index in [0.717, 1.165) is 30.1 Å². The van der Waals surface area contributed by atoms with Crippen LogP contribution < -0.4 is 5.73 Å². The number of aliphatic hydroxyl groups is 1. The summed E-state index contributed by atoms with van der Waals surface area (Å²) in [5.41, 5.74) is 9.63. The molecule has 1 aromatic rings. The summed E-state index contributed by atoms with van der Waals surface area (Å²) < 4.78 is 0. The molecule has 0 aliphatic carbocycles. The van der Waals surface area contributed by atoms with Gasteiger partial charge in [-0.05, 0) is 36.1 Å². The lowest BCUT2D eigenvalue weighted by Gasteiger charge is -2.23. The lowest BCUT2D eigenvalue weighted by molar-refractivity contribution is 0.190. The topological polar surface area (TPSA) is 49.5 Å². The lowest BCUT2D eigenvalue weighted by atomic mass is 10.0. The van der Waals surface area contributed by atoms with E-state index in [1.165, 1.54) is 11.1 Å². The maximum Gasteiger partial charge on any atom is 0.0477 e. The van der Waals surface area contributed by atoms with Gasteiger partial charge in [0.2, 0.25) is 0 Å². The van der Waals surface area contributed by atoms with Crippen molar-refractivity contribution in [2.24, 2.45) is 5.73 Å². The summed E-state index contributed by atoms with van der Waals surface area (Å²) >= 11 is 6.15. The fraction of sp³-hybridized carbons (Fsp3) is 0.538. The Hall–Kier alpha value is -0.610. The Kier molecular flexibility index (Phi) is 4.05. The second-order valence-electron chi connectivity index (χ2n) is 4.54. The summed E-state index contributed by atoms with van der Waals surface area (Å²) in [6.45, 7) is 4.67. The van der Waals surface area contributed by atoms with Crippen molar-refractivity contribution in [2.75, 3.05) is 19.7 Å². The Morgan fingerprint density at radius 2 is 2.29 bits per heavy atom. The zero-order valence-corrected chi connectivity index (χ0v) is 10.9. The summed E-state index contributed by atoms with van der Waals surface area (Å²) in [6.07, 6.45) is 0.789. The number of hydrogen-bond donors (Lipinski definition) is 2. The van der Waals surface area contributed by atoms with Crippen molar-refractivity contribution in [1.82, 2.24) is 4.90 Å². The second kappa shape index (κ2) is 5.36. The van der Waals surface area contributed by atoms with Gasteiger partial charge in [0.05, 0.1) is 0 Å². The van der Waals surface area contributed by atoms with Gasteiger partial charge in [0.15, 0.2) is 0 Å². The Bertz CT molecular complexity index is 409. The van der Waals surface area contributed by atoms with Gasteiger partial charge in [-0.15, -0.1) is 0 Å². The van der Waals surface area contributed by atoms with Crippen molar-refractivity contribution in [3.63, 3.8) is 0 Å². The highest BCUT2D eigenvalue weighted by Gasteiger charge is 2.30. The van der Waals surface area contributed by atoms with Gasteiger partial charge in [-0.25, -0.2) is 0 Å². The smallest absolute Gasteiger partial charge is 0.0477 e. The zero-order valence-electron chi connectivity index (χ0n) is 10.1. The molecule has 3 N–H and O–H groups in total. The van der Waals surface area contributed by atoms with Crippen molar-refractivity contribution in [2.45, 2.75) is 25.9 Å². The minimum atomic E-state index is 0.226. The molecule has 1 aromatic carbocycles. The molecule has 3 nitrogen and oxygen atoms in total. The fourth-order valence-electron chi connectivity index (χ4n) is 2.57. The van der Waals surface area contributed by atoms with Crippen molar-refractivity contribution in [1.29, 1.82) is 0 Å². The molecule has 0 saturated heterocycles. The van der Waals surface area contributed by atoms with Crippen LogP contribution in [0.25, 0.3) is 0 Å². The van der Waals surface area contributed by atoms with Crippen LogP contribution in [0, 0.1) is 6.92 Å². The Balaban J connectivity index is 2.28.